The first-order chi connectivity index (χ1) is 11.4. The highest BCUT2D eigenvalue weighted by atomic mass is 16.6. The minimum Gasteiger partial charge on any atom is -0.318 e. The Bertz CT molecular complexity index is 772. The maximum Gasteiger partial charge on any atom is 0.316 e. The van der Waals surface area contributed by atoms with Crippen molar-refractivity contribution in [1.29, 1.82) is 0 Å². The molecule has 124 valence electrons. The second kappa shape index (κ2) is 7.36. The molecule has 0 aliphatic rings. The minimum atomic E-state index is -0.799. The van der Waals surface area contributed by atoms with Gasteiger partial charge in [-0.25, -0.2) is 0 Å². The molecule has 2 amide bonds. The summed E-state index contributed by atoms with van der Waals surface area (Å²) in [4.78, 5) is 36.0. The van der Waals surface area contributed by atoms with Gasteiger partial charge in [0.25, 0.3) is 5.69 Å². The molecular formula is C17H17N3O4. The number of carbonyl (C=O) groups is 2. The van der Waals surface area contributed by atoms with Crippen LogP contribution in [0, 0.1) is 17.0 Å². The van der Waals surface area contributed by atoms with Gasteiger partial charge in [-0.05, 0) is 43.7 Å². The van der Waals surface area contributed by atoms with E-state index in [9.17, 15) is 19.7 Å². The second-order valence-electron chi connectivity index (χ2n) is 5.15. The smallest absolute Gasteiger partial charge is 0.316 e. The molecule has 0 unspecified atom stereocenters. The molecule has 1 N–H and O–H groups in total. The van der Waals surface area contributed by atoms with Crippen LogP contribution >= 0.6 is 0 Å². The zero-order valence-electron chi connectivity index (χ0n) is 13.4. The second-order valence-corrected chi connectivity index (χ2v) is 5.15. The number of hydrogen-bond donors (Lipinski definition) is 1. The summed E-state index contributed by atoms with van der Waals surface area (Å²) in [6.07, 6.45) is 0. The zero-order chi connectivity index (χ0) is 17.7. The van der Waals surface area contributed by atoms with E-state index in [1.54, 1.807) is 13.0 Å². The minimum absolute atomic E-state index is 0.0886. The number of nitro groups is 1. The van der Waals surface area contributed by atoms with Crippen molar-refractivity contribution < 1.29 is 14.5 Å². The van der Waals surface area contributed by atoms with Gasteiger partial charge in [-0.2, -0.15) is 0 Å². The summed E-state index contributed by atoms with van der Waals surface area (Å²) >= 11 is 0. The van der Waals surface area contributed by atoms with Gasteiger partial charge in [0.05, 0.1) is 4.92 Å². The number of nitrogens with one attached hydrogen (secondary N) is 1. The molecule has 0 heterocycles. The van der Waals surface area contributed by atoms with Crippen LogP contribution in [0.3, 0.4) is 0 Å². The van der Waals surface area contributed by atoms with E-state index in [0.29, 0.717) is 17.9 Å². The van der Waals surface area contributed by atoms with Crippen molar-refractivity contribution in [2.24, 2.45) is 0 Å². The quantitative estimate of drug-likeness (QED) is 0.531. The number of hydrogen-bond acceptors (Lipinski definition) is 4. The molecule has 0 aromatic heterocycles. The summed E-state index contributed by atoms with van der Waals surface area (Å²) in [5, 5.41) is 13.1. The van der Waals surface area contributed by atoms with E-state index in [2.05, 4.69) is 5.32 Å². The van der Waals surface area contributed by atoms with Crippen LogP contribution in [0.2, 0.25) is 0 Å². The first-order valence-corrected chi connectivity index (χ1v) is 7.36. The average molecular weight is 327 g/mol. The van der Waals surface area contributed by atoms with Crippen molar-refractivity contribution in [2.45, 2.75) is 13.8 Å². The van der Waals surface area contributed by atoms with Crippen LogP contribution in [0.1, 0.15) is 12.5 Å². The molecule has 0 aliphatic heterocycles. The molecule has 24 heavy (non-hydrogen) atoms. The normalized spacial score (nSPS) is 10.1. The summed E-state index contributed by atoms with van der Waals surface area (Å²) in [7, 11) is 0. The number of aryl methyl sites for hydroxylation is 1. The van der Waals surface area contributed by atoms with Crippen molar-refractivity contribution in [2.75, 3.05) is 16.8 Å². The predicted molar refractivity (Wildman–Crippen MR) is 90.9 cm³/mol. The Morgan fingerprint density at radius 2 is 1.83 bits per heavy atom. The highest BCUT2D eigenvalue weighted by Crippen LogP contribution is 2.18. The van der Waals surface area contributed by atoms with Gasteiger partial charge in [-0.3, -0.25) is 19.7 Å². The van der Waals surface area contributed by atoms with E-state index in [-0.39, 0.29) is 5.69 Å². The molecule has 0 fully saturated rings. The molecule has 0 saturated heterocycles. The lowest BCUT2D eigenvalue weighted by Gasteiger charge is -2.20. The lowest BCUT2D eigenvalue weighted by molar-refractivity contribution is -0.384. The van der Waals surface area contributed by atoms with Crippen LogP contribution in [0.15, 0.2) is 48.5 Å². The summed E-state index contributed by atoms with van der Waals surface area (Å²) < 4.78 is 0. The van der Waals surface area contributed by atoms with E-state index in [1.165, 1.54) is 29.2 Å². The first-order valence-electron chi connectivity index (χ1n) is 7.36. The number of amides is 2. The van der Waals surface area contributed by atoms with Crippen LogP contribution < -0.4 is 10.2 Å². The number of carbonyl (C=O) groups excluding carboxylic acids is 2. The molecule has 0 aliphatic carbocycles. The highest BCUT2D eigenvalue weighted by molar-refractivity contribution is 6.44. The highest BCUT2D eigenvalue weighted by Gasteiger charge is 2.22. The number of non-ortho nitro benzene ring substituents is 1. The van der Waals surface area contributed by atoms with Crippen molar-refractivity contribution in [3.05, 3.63) is 64.2 Å². The Balaban J connectivity index is 2.12. The van der Waals surface area contributed by atoms with E-state index in [1.807, 2.05) is 25.1 Å². The largest absolute Gasteiger partial charge is 0.318 e. The van der Waals surface area contributed by atoms with Gasteiger partial charge in [0.2, 0.25) is 0 Å². The molecule has 0 radical (unpaired) electrons. The number of likely N-dealkylation sites (N-methyl/N-ethyl adjacent to an activating group) is 1. The average Bonchev–Trinajstić information content (AvgIpc) is 2.56. The standard InChI is InChI=1S/C17H17N3O4/c1-3-19(15-6-4-5-12(2)11-15)17(22)16(21)18-13-7-9-14(10-8-13)20(23)24/h4-11H,3H2,1-2H3,(H,18,21). The Labute approximate surface area is 139 Å². The SMILES string of the molecule is CCN(C(=O)C(=O)Nc1ccc([N+](=O)[O-])cc1)c1cccc(C)c1. The number of anilines is 2. The van der Waals surface area contributed by atoms with Crippen molar-refractivity contribution in [1.82, 2.24) is 0 Å². The molecule has 0 spiro atoms. The number of nitrogens with zero attached hydrogens (tertiary/aromatic N) is 2. The van der Waals surface area contributed by atoms with E-state index in [4.69, 9.17) is 0 Å². The van der Waals surface area contributed by atoms with Crippen molar-refractivity contribution in [3.8, 4) is 0 Å². The maximum absolute atomic E-state index is 12.4. The van der Waals surface area contributed by atoms with Gasteiger partial charge >= 0.3 is 11.8 Å². The molecule has 7 heteroatoms. The van der Waals surface area contributed by atoms with Crippen LogP contribution in [0.25, 0.3) is 0 Å². The van der Waals surface area contributed by atoms with Crippen LogP contribution in [-0.4, -0.2) is 23.3 Å². The lowest BCUT2D eigenvalue weighted by atomic mass is 10.2. The fourth-order valence-electron chi connectivity index (χ4n) is 2.21. The fourth-order valence-corrected chi connectivity index (χ4v) is 2.21. The van der Waals surface area contributed by atoms with Gasteiger partial charge in [-0.15, -0.1) is 0 Å². The molecule has 0 bridgehead atoms. The lowest BCUT2D eigenvalue weighted by Crippen LogP contribution is -2.39. The number of nitro benzene ring substituents is 1. The fraction of sp³-hybridized carbons (Fsp3) is 0.176. The molecule has 2 aromatic rings. The van der Waals surface area contributed by atoms with E-state index >= 15 is 0 Å². The van der Waals surface area contributed by atoms with E-state index in [0.717, 1.165) is 5.56 Å². The monoisotopic (exact) mass is 327 g/mol. The third-order valence-electron chi connectivity index (χ3n) is 3.40. The predicted octanol–water partition coefficient (Wildman–Crippen LogP) is 2.89. The van der Waals surface area contributed by atoms with Crippen molar-refractivity contribution >= 4 is 28.9 Å². The first kappa shape index (κ1) is 17.1. The van der Waals surface area contributed by atoms with Crippen LogP contribution in [0.4, 0.5) is 17.1 Å². The zero-order valence-corrected chi connectivity index (χ0v) is 13.4. The molecular weight excluding hydrogens is 310 g/mol. The van der Waals surface area contributed by atoms with Crippen molar-refractivity contribution in [3.63, 3.8) is 0 Å². The Kier molecular flexibility index (Phi) is 5.26. The third kappa shape index (κ3) is 3.95. The molecule has 2 rings (SSSR count). The molecule has 0 saturated carbocycles. The molecule has 7 nitrogen and oxygen atoms in total. The van der Waals surface area contributed by atoms with Gasteiger partial charge in [0, 0.05) is 30.1 Å². The summed E-state index contributed by atoms with van der Waals surface area (Å²) in [6.45, 7) is 4.02. The topological polar surface area (TPSA) is 92.6 Å². The van der Waals surface area contributed by atoms with Crippen LogP contribution in [-0.2, 0) is 9.59 Å². The molecule has 0 atom stereocenters. The Morgan fingerprint density at radius 3 is 2.38 bits per heavy atom. The summed E-state index contributed by atoms with van der Waals surface area (Å²) in [5.74, 6) is -1.49. The number of rotatable bonds is 4. The summed E-state index contributed by atoms with van der Waals surface area (Å²) in [5.41, 5.74) is 1.85. The third-order valence-corrected chi connectivity index (χ3v) is 3.40. The number of benzene rings is 2. The maximum atomic E-state index is 12.4. The summed E-state index contributed by atoms with van der Waals surface area (Å²) in [6, 6.07) is 12.6. The van der Waals surface area contributed by atoms with Crippen LogP contribution in [0.5, 0.6) is 0 Å². The Morgan fingerprint density at radius 1 is 1.17 bits per heavy atom. The van der Waals surface area contributed by atoms with E-state index < -0.39 is 16.7 Å². The van der Waals surface area contributed by atoms with Gasteiger partial charge in [-0.1, -0.05) is 12.1 Å². The van der Waals surface area contributed by atoms with Gasteiger partial charge < -0.3 is 10.2 Å². The van der Waals surface area contributed by atoms with Gasteiger partial charge in [0.1, 0.15) is 0 Å². The molecule has 2 aromatic carbocycles. The van der Waals surface area contributed by atoms with Gasteiger partial charge in [0.15, 0.2) is 0 Å². The Hall–Kier alpha value is -3.22.